The molecular weight excluding hydrogens is 278 g/mol. The number of ether oxygens (including phenoxy) is 1. The summed E-state index contributed by atoms with van der Waals surface area (Å²) in [5.74, 6) is 1.97. The molecule has 1 heterocycles. The van der Waals surface area contributed by atoms with Crippen LogP contribution in [0.4, 0.5) is 0 Å². The summed E-state index contributed by atoms with van der Waals surface area (Å²) in [7, 11) is 1.57. The van der Waals surface area contributed by atoms with Gasteiger partial charge in [-0.2, -0.15) is 4.98 Å². The van der Waals surface area contributed by atoms with Gasteiger partial charge in [0.25, 0.3) is 0 Å². The van der Waals surface area contributed by atoms with Crippen LogP contribution in [0.25, 0.3) is 11.4 Å². The van der Waals surface area contributed by atoms with Gasteiger partial charge < -0.3 is 15.0 Å². The van der Waals surface area contributed by atoms with Crippen LogP contribution in [0.5, 0.6) is 5.75 Å². The van der Waals surface area contributed by atoms with Crippen molar-refractivity contribution < 1.29 is 9.26 Å². The Balaban J connectivity index is 2.24. The van der Waals surface area contributed by atoms with E-state index in [4.69, 9.17) is 26.6 Å². The molecule has 1 atom stereocenters. The minimum absolute atomic E-state index is 0.00425. The van der Waals surface area contributed by atoms with Gasteiger partial charge in [-0.05, 0) is 24.1 Å². The minimum Gasteiger partial charge on any atom is -0.496 e. The molecule has 0 bridgehead atoms. The van der Waals surface area contributed by atoms with E-state index in [0.29, 0.717) is 34.8 Å². The van der Waals surface area contributed by atoms with Crippen LogP contribution in [-0.2, 0) is 6.42 Å². The molecule has 2 N–H and O–H groups in total. The van der Waals surface area contributed by atoms with Crippen molar-refractivity contribution in [2.45, 2.75) is 26.3 Å². The third-order valence-electron chi connectivity index (χ3n) is 3.14. The van der Waals surface area contributed by atoms with E-state index in [-0.39, 0.29) is 6.04 Å². The lowest BCUT2D eigenvalue weighted by atomic mass is 10.0. The molecule has 0 aliphatic heterocycles. The van der Waals surface area contributed by atoms with E-state index in [0.717, 1.165) is 5.56 Å². The van der Waals surface area contributed by atoms with E-state index in [1.165, 1.54) is 0 Å². The molecule has 5 nitrogen and oxygen atoms in total. The first-order chi connectivity index (χ1) is 9.51. The van der Waals surface area contributed by atoms with Gasteiger partial charge >= 0.3 is 0 Å². The van der Waals surface area contributed by atoms with Gasteiger partial charge in [0.15, 0.2) is 0 Å². The monoisotopic (exact) mass is 295 g/mol. The van der Waals surface area contributed by atoms with Crippen molar-refractivity contribution in [2.75, 3.05) is 7.11 Å². The van der Waals surface area contributed by atoms with E-state index in [9.17, 15) is 0 Å². The highest BCUT2D eigenvalue weighted by atomic mass is 35.5. The molecule has 2 aromatic rings. The number of nitrogens with two attached hydrogens (primary N) is 1. The summed E-state index contributed by atoms with van der Waals surface area (Å²) < 4.78 is 10.5. The molecule has 0 aliphatic carbocycles. The van der Waals surface area contributed by atoms with Gasteiger partial charge in [0.2, 0.25) is 11.7 Å². The fourth-order valence-corrected chi connectivity index (χ4v) is 1.90. The number of aromatic nitrogens is 2. The molecule has 20 heavy (non-hydrogen) atoms. The normalized spacial score (nSPS) is 12.7. The molecule has 1 aromatic heterocycles. The van der Waals surface area contributed by atoms with Crippen molar-refractivity contribution >= 4 is 11.6 Å². The fourth-order valence-electron chi connectivity index (χ4n) is 1.73. The highest BCUT2D eigenvalue weighted by molar-refractivity contribution is 6.30. The highest BCUT2D eigenvalue weighted by Crippen LogP contribution is 2.30. The smallest absolute Gasteiger partial charge is 0.228 e. The summed E-state index contributed by atoms with van der Waals surface area (Å²) in [5.41, 5.74) is 6.74. The summed E-state index contributed by atoms with van der Waals surface area (Å²) in [5, 5.41) is 4.57. The van der Waals surface area contributed by atoms with Crippen LogP contribution in [0.3, 0.4) is 0 Å². The molecule has 0 spiro atoms. The number of methoxy groups -OCH3 is 1. The molecule has 0 aliphatic rings. The van der Waals surface area contributed by atoms with E-state index in [2.05, 4.69) is 24.0 Å². The maximum atomic E-state index is 6.00. The van der Waals surface area contributed by atoms with Crippen LogP contribution in [-0.4, -0.2) is 23.3 Å². The maximum Gasteiger partial charge on any atom is 0.228 e. The van der Waals surface area contributed by atoms with Crippen LogP contribution in [0.2, 0.25) is 5.02 Å². The van der Waals surface area contributed by atoms with Gasteiger partial charge in [0.05, 0.1) is 12.7 Å². The number of rotatable bonds is 5. The second-order valence-corrected chi connectivity index (χ2v) is 5.40. The zero-order valence-electron chi connectivity index (χ0n) is 11.8. The molecule has 108 valence electrons. The van der Waals surface area contributed by atoms with E-state index >= 15 is 0 Å². The van der Waals surface area contributed by atoms with Crippen LogP contribution in [0, 0.1) is 5.92 Å². The molecule has 0 saturated heterocycles. The number of benzene rings is 1. The molecule has 0 saturated carbocycles. The third kappa shape index (κ3) is 3.29. The molecule has 0 fully saturated rings. The SMILES string of the molecule is COc1cc(Cl)ccc1-c1noc(CC(N)C(C)C)n1. The first kappa shape index (κ1) is 14.8. The Labute approximate surface area is 123 Å². The zero-order chi connectivity index (χ0) is 14.7. The Hall–Kier alpha value is -1.59. The summed E-state index contributed by atoms with van der Waals surface area (Å²) >= 11 is 5.93. The standard InChI is InChI=1S/C14H18ClN3O2/c1-8(2)11(16)7-13-17-14(18-20-13)10-5-4-9(15)6-12(10)19-3/h4-6,8,11H,7,16H2,1-3H3. The summed E-state index contributed by atoms with van der Waals surface area (Å²) in [6.45, 7) is 4.12. The topological polar surface area (TPSA) is 74.2 Å². The van der Waals surface area contributed by atoms with Crippen molar-refractivity contribution in [3.05, 3.63) is 29.1 Å². The zero-order valence-corrected chi connectivity index (χ0v) is 12.5. The van der Waals surface area contributed by atoms with Crippen molar-refractivity contribution in [1.29, 1.82) is 0 Å². The van der Waals surface area contributed by atoms with Crippen molar-refractivity contribution in [1.82, 2.24) is 10.1 Å². The summed E-state index contributed by atoms with van der Waals surface area (Å²) in [6.07, 6.45) is 0.556. The fraction of sp³-hybridized carbons (Fsp3) is 0.429. The number of halogens is 1. The van der Waals surface area contributed by atoms with E-state index in [1.807, 2.05) is 0 Å². The summed E-state index contributed by atoms with van der Waals surface area (Å²) in [4.78, 5) is 4.36. The summed E-state index contributed by atoms with van der Waals surface area (Å²) in [6, 6.07) is 5.27. The first-order valence-corrected chi connectivity index (χ1v) is 6.81. The second kappa shape index (κ2) is 6.24. The molecule has 1 aromatic carbocycles. The van der Waals surface area contributed by atoms with Gasteiger partial charge in [0.1, 0.15) is 5.75 Å². The lowest BCUT2D eigenvalue weighted by Crippen LogP contribution is -2.28. The van der Waals surface area contributed by atoms with Crippen LogP contribution in [0.15, 0.2) is 22.7 Å². The third-order valence-corrected chi connectivity index (χ3v) is 3.37. The Morgan fingerprint density at radius 3 is 2.80 bits per heavy atom. The van der Waals surface area contributed by atoms with Gasteiger partial charge in [-0.25, -0.2) is 0 Å². The number of hydrogen-bond acceptors (Lipinski definition) is 5. The van der Waals surface area contributed by atoms with Crippen molar-refractivity contribution in [2.24, 2.45) is 11.7 Å². The van der Waals surface area contributed by atoms with Crippen molar-refractivity contribution in [3.63, 3.8) is 0 Å². The second-order valence-electron chi connectivity index (χ2n) is 4.97. The molecular formula is C14H18ClN3O2. The highest BCUT2D eigenvalue weighted by Gasteiger charge is 2.17. The number of hydrogen-bond donors (Lipinski definition) is 1. The van der Waals surface area contributed by atoms with E-state index in [1.54, 1.807) is 25.3 Å². The van der Waals surface area contributed by atoms with Gasteiger partial charge in [0, 0.05) is 17.5 Å². The quantitative estimate of drug-likeness (QED) is 0.918. The minimum atomic E-state index is -0.00425. The Bertz CT molecular complexity index is 584. The molecule has 1 unspecified atom stereocenters. The first-order valence-electron chi connectivity index (χ1n) is 6.43. The van der Waals surface area contributed by atoms with Crippen LogP contribution < -0.4 is 10.5 Å². The predicted octanol–water partition coefficient (Wildman–Crippen LogP) is 2.92. The molecule has 2 rings (SSSR count). The van der Waals surface area contributed by atoms with Gasteiger partial charge in [-0.3, -0.25) is 0 Å². The molecule has 0 radical (unpaired) electrons. The Morgan fingerprint density at radius 2 is 2.15 bits per heavy atom. The Morgan fingerprint density at radius 1 is 1.40 bits per heavy atom. The van der Waals surface area contributed by atoms with Crippen molar-refractivity contribution in [3.8, 4) is 17.1 Å². The van der Waals surface area contributed by atoms with Crippen LogP contribution in [0.1, 0.15) is 19.7 Å². The number of nitrogens with zero attached hydrogens (tertiary/aromatic N) is 2. The largest absolute Gasteiger partial charge is 0.496 e. The molecule has 6 heteroatoms. The average Bonchev–Trinajstić information content (AvgIpc) is 2.86. The van der Waals surface area contributed by atoms with Crippen LogP contribution >= 0.6 is 11.6 Å². The lowest BCUT2D eigenvalue weighted by Gasteiger charge is -2.11. The molecule has 0 amide bonds. The Kier molecular flexibility index (Phi) is 4.62. The van der Waals surface area contributed by atoms with Gasteiger partial charge in [-0.15, -0.1) is 0 Å². The predicted molar refractivity (Wildman–Crippen MR) is 77.8 cm³/mol. The van der Waals surface area contributed by atoms with E-state index < -0.39 is 0 Å². The average molecular weight is 296 g/mol. The van der Waals surface area contributed by atoms with Gasteiger partial charge in [-0.1, -0.05) is 30.6 Å². The maximum absolute atomic E-state index is 6.00. The lowest BCUT2D eigenvalue weighted by molar-refractivity contribution is 0.353.